The number of ether oxygens (including phenoxy) is 1. The lowest BCUT2D eigenvalue weighted by atomic mass is 10.00. The number of halogens is 5. The summed E-state index contributed by atoms with van der Waals surface area (Å²) in [5, 5.41) is 23.7. The fourth-order valence-electron chi connectivity index (χ4n) is 1.61. The van der Waals surface area contributed by atoms with Gasteiger partial charge in [-0.15, -0.1) is 0 Å². The number of esters is 1. The number of nitrogens with zero attached hydrogens (tertiary/aromatic N) is 4. The Morgan fingerprint density at radius 1 is 1.32 bits per heavy atom. The maximum absolute atomic E-state index is 12.9. The lowest BCUT2D eigenvalue weighted by Gasteiger charge is -2.16. The second kappa shape index (κ2) is 8.15. The molecule has 0 heterocycles. The molecule has 0 aliphatic heterocycles. The van der Waals surface area contributed by atoms with Gasteiger partial charge in [-0.2, -0.15) is 33.9 Å². The van der Waals surface area contributed by atoms with E-state index >= 15 is 0 Å². The molecule has 1 aromatic rings. The van der Waals surface area contributed by atoms with Gasteiger partial charge < -0.3 is 4.74 Å². The second-order valence-electron chi connectivity index (χ2n) is 4.48. The minimum absolute atomic E-state index is 0.103. The highest BCUT2D eigenvalue weighted by atomic mass is 35.5. The van der Waals surface area contributed by atoms with E-state index in [9.17, 15) is 23.2 Å². The lowest BCUT2D eigenvalue weighted by Crippen LogP contribution is -2.36. The van der Waals surface area contributed by atoms with E-state index in [0.29, 0.717) is 6.07 Å². The molecule has 1 aromatic carbocycles. The van der Waals surface area contributed by atoms with Crippen LogP contribution in [0.25, 0.3) is 0 Å². The summed E-state index contributed by atoms with van der Waals surface area (Å²) in [4.78, 5) is 11.9. The average Bonchev–Trinajstić information content (AvgIpc) is 2.52. The van der Waals surface area contributed by atoms with Crippen molar-refractivity contribution in [3.63, 3.8) is 0 Å². The Hall–Kier alpha value is -2.36. The fraction of sp³-hybridized carbons (Fsp3) is 0.357. The Morgan fingerprint density at radius 3 is 2.44 bits per heavy atom. The van der Waals surface area contributed by atoms with Gasteiger partial charge >= 0.3 is 12.1 Å². The largest absolute Gasteiger partial charge is 0.463 e. The van der Waals surface area contributed by atoms with E-state index < -0.39 is 40.4 Å². The van der Waals surface area contributed by atoms with E-state index in [1.54, 1.807) is 6.07 Å². The number of benzene rings is 1. The van der Waals surface area contributed by atoms with Gasteiger partial charge in [0.25, 0.3) is 5.54 Å². The molecule has 0 aliphatic carbocycles. The molecule has 0 amide bonds. The van der Waals surface area contributed by atoms with E-state index in [1.165, 1.54) is 13.0 Å². The van der Waals surface area contributed by atoms with Crippen molar-refractivity contribution >= 4 is 34.9 Å². The molecule has 0 aliphatic rings. The van der Waals surface area contributed by atoms with Crippen LogP contribution in [0.2, 0.25) is 10.0 Å². The normalized spacial score (nSPS) is 13.8. The van der Waals surface area contributed by atoms with Gasteiger partial charge in [0.15, 0.2) is 0 Å². The molecule has 11 heteroatoms. The molecule has 1 unspecified atom stereocenters. The van der Waals surface area contributed by atoms with E-state index in [4.69, 9.17) is 28.5 Å². The molecule has 0 N–H and O–H groups in total. The summed E-state index contributed by atoms with van der Waals surface area (Å²) in [6, 6.07) is 4.62. The van der Waals surface area contributed by atoms with Gasteiger partial charge in [-0.3, -0.25) is 0 Å². The molecular formula is C14H9Cl2F3N4O2. The van der Waals surface area contributed by atoms with E-state index in [-0.39, 0.29) is 11.6 Å². The molecular weight excluding hydrogens is 384 g/mol. The Kier molecular flexibility index (Phi) is 6.74. The van der Waals surface area contributed by atoms with Crippen molar-refractivity contribution in [3.05, 3.63) is 27.7 Å². The molecule has 0 bridgehead atoms. The van der Waals surface area contributed by atoms with E-state index in [0.717, 1.165) is 6.07 Å². The average molecular weight is 393 g/mol. The molecule has 1 rings (SSSR count). The van der Waals surface area contributed by atoms with E-state index in [1.807, 2.05) is 0 Å². The molecule has 0 saturated carbocycles. The molecule has 0 radical (unpaired) electrons. The molecule has 0 spiro atoms. The van der Waals surface area contributed by atoms with Crippen LogP contribution in [0.15, 0.2) is 22.4 Å². The topological polar surface area (TPSA) is 98.6 Å². The maximum Gasteiger partial charge on any atom is 0.417 e. The van der Waals surface area contributed by atoms with Crippen LogP contribution in [0.4, 0.5) is 18.9 Å². The summed E-state index contributed by atoms with van der Waals surface area (Å²) in [5.41, 5.74) is -4.14. The first kappa shape index (κ1) is 20.7. The summed E-state index contributed by atoms with van der Waals surface area (Å²) in [6.45, 7) is 1.36. The van der Waals surface area contributed by atoms with Gasteiger partial charge in [-0.1, -0.05) is 23.2 Å². The standard InChI is InChI=1S/C14H9Cl2F3N4O2/c1-2-25-12(24)13(7-21,5-6-20)23-22-11-9(15)4-3-8(10(11)16)14(17,18)19/h3-4H,2,5H2,1H3. The van der Waals surface area contributed by atoms with E-state index in [2.05, 4.69) is 15.0 Å². The van der Waals surface area contributed by atoms with Crippen molar-refractivity contribution in [1.82, 2.24) is 0 Å². The van der Waals surface area contributed by atoms with Gasteiger partial charge in [-0.25, -0.2) is 4.79 Å². The number of hydrogen-bond donors (Lipinski definition) is 0. The van der Waals surface area contributed by atoms with Crippen molar-refractivity contribution < 1.29 is 22.7 Å². The molecule has 6 nitrogen and oxygen atoms in total. The first-order chi connectivity index (χ1) is 11.6. The van der Waals surface area contributed by atoms with Crippen LogP contribution in [0.5, 0.6) is 0 Å². The molecule has 132 valence electrons. The third-order valence-electron chi connectivity index (χ3n) is 2.83. The van der Waals surface area contributed by atoms with Crippen LogP contribution in [-0.2, 0) is 15.7 Å². The minimum Gasteiger partial charge on any atom is -0.463 e. The van der Waals surface area contributed by atoms with Crippen LogP contribution in [0.1, 0.15) is 18.9 Å². The lowest BCUT2D eigenvalue weighted by molar-refractivity contribution is -0.147. The number of rotatable bonds is 5. The molecule has 0 aromatic heterocycles. The Bertz CT molecular complexity index is 784. The highest BCUT2D eigenvalue weighted by Crippen LogP contribution is 2.43. The molecule has 25 heavy (non-hydrogen) atoms. The van der Waals surface area contributed by atoms with Crippen molar-refractivity contribution in [3.8, 4) is 12.1 Å². The zero-order valence-electron chi connectivity index (χ0n) is 12.6. The van der Waals surface area contributed by atoms with Crippen molar-refractivity contribution in [2.45, 2.75) is 25.1 Å². The quantitative estimate of drug-likeness (QED) is 0.528. The zero-order chi connectivity index (χ0) is 19.3. The molecule has 1 atom stereocenters. The van der Waals surface area contributed by atoms with Gasteiger partial charge in [0.1, 0.15) is 11.8 Å². The maximum atomic E-state index is 12.9. The van der Waals surface area contributed by atoms with Crippen LogP contribution < -0.4 is 0 Å². The van der Waals surface area contributed by atoms with Crippen LogP contribution in [-0.4, -0.2) is 18.1 Å². The Labute approximate surface area is 150 Å². The number of azo groups is 1. The number of nitriles is 2. The third kappa shape index (κ3) is 4.59. The zero-order valence-corrected chi connectivity index (χ0v) is 14.1. The van der Waals surface area contributed by atoms with Crippen molar-refractivity contribution in [2.24, 2.45) is 10.2 Å². The first-order valence-corrected chi connectivity index (χ1v) is 7.32. The van der Waals surface area contributed by atoms with Crippen molar-refractivity contribution in [1.29, 1.82) is 10.5 Å². The smallest absolute Gasteiger partial charge is 0.417 e. The minimum atomic E-state index is -4.77. The SMILES string of the molecule is CCOC(=O)C(C#N)(CC#N)N=Nc1c(Cl)ccc(C(F)(F)F)c1Cl. The Balaban J connectivity index is 3.46. The number of carbonyl (C=O) groups is 1. The summed E-state index contributed by atoms with van der Waals surface area (Å²) in [5.74, 6) is -1.16. The van der Waals surface area contributed by atoms with Crippen LogP contribution in [0, 0.1) is 22.7 Å². The number of alkyl halides is 3. The van der Waals surface area contributed by atoms with Crippen LogP contribution >= 0.6 is 23.2 Å². The summed E-state index contributed by atoms with van der Waals surface area (Å²) in [6.07, 6.45) is -5.49. The van der Waals surface area contributed by atoms with Crippen LogP contribution in [0.3, 0.4) is 0 Å². The van der Waals surface area contributed by atoms with Gasteiger partial charge in [0, 0.05) is 0 Å². The van der Waals surface area contributed by atoms with Gasteiger partial charge in [-0.05, 0) is 19.1 Å². The predicted octanol–water partition coefficient (Wildman–Crippen LogP) is 4.84. The third-order valence-corrected chi connectivity index (χ3v) is 3.51. The first-order valence-electron chi connectivity index (χ1n) is 6.56. The predicted molar refractivity (Wildman–Crippen MR) is 81.2 cm³/mol. The van der Waals surface area contributed by atoms with Crippen molar-refractivity contribution in [2.75, 3.05) is 6.61 Å². The summed E-state index contributed by atoms with van der Waals surface area (Å²) in [7, 11) is 0. The number of hydrogen-bond acceptors (Lipinski definition) is 6. The highest BCUT2D eigenvalue weighted by molar-refractivity contribution is 6.39. The summed E-state index contributed by atoms with van der Waals surface area (Å²) < 4.78 is 43.3. The summed E-state index contributed by atoms with van der Waals surface area (Å²) >= 11 is 11.4. The van der Waals surface area contributed by atoms with Gasteiger partial charge in [0.2, 0.25) is 0 Å². The second-order valence-corrected chi connectivity index (χ2v) is 5.27. The fourth-order valence-corrected chi connectivity index (χ4v) is 2.16. The molecule has 0 fully saturated rings. The Morgan fingerprint density at radius 2 is 1.96 bits per heavy atom. The monoisotopic (exact) mass is 392 g/mol. The van der Waals surface area contributed by atoms with Gasteiger partial charge in [0.05, 0.1) is 34.7 Å². The highest BCUT2D eigenvalue weighted by Gasteiger charge is 2.42. The number of carbonyl (C=O) groups excluding carboxylic acids is 1. The molecule has 0 saturated heterocycles.